The lowest BCUT2D eigenvalue weighted by atomic mass is 10.3. The molecule has 0 radical (unpaired) electrons. The smallest absolute Gasteiger partial charge is 0.0630 e. The van der Waals surface area contributed by atoms with Gasteiger partial charge in [-0.3, -0.25) is 0 Å². The molecule has 1 heterocycles. The van der Waals surface area contributed by atoms with E-state index in [4.69, 9.17) is 0 Å². The minimum Gasteiger partial charge on any atom is -0.392 e. The summed E-state index contributed by atoms with van der Waals surface area (Å²) in [5.74, 6) is 3.65. The first kappa shape index (κ1) is 8.14. The predicted molar refractivity (Wildman–Crippen MR) is 52.5 cm³/mol. The topological polar surface area (TPSA) is 20.2 Å². The first-order chi connectivity index (χ1) is 4.16. The second-order valence-corrected chi connectivity index (χ2v) is 11.3. The summed E-state index contributed by atoms with van der Waals surface area (Å²) in [6, 6.07) is 0. The molecule has 0 saturated carbocycles. The van der Waals surface area contributed by atoms with Crippen molar-refractivity contribution in [1.29, 1.82) is 0 Å². The number of hydrogen-bond donors (Lipinski definition) is 1. The lowest BCUT2D eigenvalue weighted by Crippen LogP contribution is -2.05. The molecular formula is C6H13IOS. The number of rotatable bonds is 1. The lowest BCUT2D eigenvalue weighted by Gasteiger charge is -2.25. The van der Waals surface area contributed by atoms with E-state index in [1.807, 2.05) is 0 Å². The average Bonchev–Trinajstić information content (AvgIpc) is 2.13. The van der Waals surface area contributed by atoms with Crippen LogP contribution in [0.5, 0.6) is 0 Å². The van der Waals surface area contributed by atoms with Crippen molar-refractivity contribution in [1.82, 2.24) is 0 Å². The molecule has 1 aliphatic rings. The van der Waals surface area contributed by atoms with Crippen molar-refractivity contribution in [2.24, 2.45) is 0 Å². The van der Waals surface area contributed by atoms with E-state index in [-0.39, 0.29) is 13.3 Å². The van der Waals surface area contributed by atoms with E-state index in [2.05, 4.69) is 28.1 Å². The van der Waals surface area contributed by atoms with Crippen LogP contribution >= 0.6 is 28.4 Å². The molecule has 1 rings (SSSR count). The summed E-state index contributed by atoms with van der Waals surface area (Å²) >= 11 is 2.57. The molecule has 3 heteroatoms. The van der Waals surface area contributed by atoms with Crippen LogP contribution in [0.1, 0.15) is 13.3 Å². The molecule has 2 unspecified atom stereocenters. The Hall–Kier alpha value is 1.04. The van der Waals surface area contributed by atoms with Crippen molar-refractivity contribution >= 4 is 28.4 Å². The van der Waals surface area contributed by atoms with E-state index in [0.717, 1.165) is 12.2 Å². The molecule has 0 spiro atoms. The maximum Gasteiger partial charge on any atom is 0.0630 e. The Morgan fingerprint density at radius 3 is 2.67 bits per heavy atom. The third-order valence-corrected chi connectivity index (χ3v) is 9.08. The van der Waals surface area contributed by atoms with E-state index in [0.29, 0.717) is 0 Å². The van der Waals surface area contributed by atoms with Crippen molar-refractivity contribution < 1.29 is 5.11 Å². The number of aliphatic hydroxyl groups is 1. The fraction of sp³-hybridized carbons (Fsp3) is 1.00. The zero-order valence-electron chi connectivity index (χ0n) is 5.64. The van der Waals surface area contributed by atoms with Gasteiger partial charge in [-0.2, -0.15) is 7.20 Å². The van der Waals surface area contributed by atoms with Gasteiger partial charge in [0.05, 0.1) is 6.10 Å². The summed E-state index contributed by atoms with van der Waals surface area (Å²) in [4.78, 5) is 0. The highest BCUT2D eigenvalue weighted by Crippen LogP contribution is 2.60. The summed E-state index contributed by atoms with van der Waals surface area (Å²) in [5, 5.41) is 9.21. The molecule has 0 amide bonds. The summed E-state index contributed by atoms with van der Waals surface area (Å²) in [7, 11) is -0.371. The lowest BCUT2D eigenvalue weighted by molar-refractivity contribution is 0.203. The van der Waals surface area contributed by atoms with Crippen molar-refractivity contribution in [2.45, 2.75) is 19.4 Å². The van der Waals surface area contributed by atoms with Crippen LogP contribution in [0, 0.1) is 0 Å². The predicted octanol–water partition coefficient (Wildman–Crippen LogP) is 1.93. The van der Waals surface area contributed by atoms with Gasteiger partial charge < -0.3 is 5.11 Å². The Morgan fingerprint density at radius 2 is 2.44 bits per heavy atom. The molecule has 9 heavy (non-hydrogen) atoms. The number of halogens is 1. The maximum absolute atomic E-state index is 9.21. The molecule has 0 aromatic carbocycles. The maximum atomic E-state index is 9.21. The molecule has 1 nitrogen and oxygen atoms in total. The minimum absolute atomic E-state index is 0.0249. The molecule has 2 atom stereocenters. The molecule has 0 aliphatic carbocycles. The van der Waals surface area contributed by atoms with Crippen LogP contribution in [0.4, 0.5) is 0 Å². The standard InChI is InChI=1S/C6H13IOS/c1-2-9(7)4-3-6(8)5-9/h6,8H,2-5H2,1H3. The Balaban J connectivity index is 2.45. The van der Waals surface area contributed by atoms with Crippen LogP contribution in [0.3, 0.4) is 0 Å². The second kappa shape index (κ2) is 2.96. The Bertz CT molecular complexity index is 109. The number of aliphatic hydroxyl groups excluding tert-OH is 1. The zero-order valence-corrected chi connectivity index (χ0v) is 8.61. The van der Waals surface area contributed by atoms with Crippen LogP contribution in [-0.4, -0.2) is 28.5 Å². The Kier molecular flexibility index (Phi) is 2.68. The zero-order chi connectivity index (χ0) is 6.91. The third kappa shape index (κ3) is 1.98. The van der Waals surface area contributed by atoms with Crippen molar-refractivity contribution in [3.63, 3.8) is 0 Å². The largest absolute Gasteiger partial charge is 0.392 e. The first-order valence-corrected chi connectivity index (χ1v) is 7.99. The third-order valence-electron chi connectivity index (χ3n) is 1.83. The average molecular weight is 260 g/mol. The highest BCUT2D eigenvalue weighted by Gasteiger charge is 2.29. The van der Waals surface area contributed by atoms with Crippen molar-refractivity contribution in [3.05, 3.63) is 0 Å². The monoisotopic (exact) mass is 260 g/mol. The Morgan fingerprint density at radius 1 is 1.78 bits per heavy atom. The SMILES string of the molecule is CCS1(I)CCC(O)C1. The second-order valence-electron chi connectivity index (χ2n) is 2.54. The quantitative estimate of drug-likeness (QED) is 0.714. The van der Waals surface area contributed by atoms with Crippen LogP contribution in [0.2, 0.25) is 0 Å². The van der Waals surface area contributed by atoms with Crippen LogP contribution in [0.25, 0.3) is 0 Å². The van der Waals surface area contributed by atoms with Gasteiger partial charge in [0.25, 0.3) is 0 Å². The highest BCUT2D eigenvalue weighted by molar-refractivity contribution is 14.2. The molecule has 1 fully saturated rings. The summed E-state index contributed by atoms with van der Waals surface area (Å²) < 4.78 is 0. The highest BCUT2D eigenvalue weighted by atomic mass is 127. The van der Waals surface area contributed by atoms with Crippen molar-refractivity contribution in [2.75, 3.05) is 17.3 Å². The number of hydrogen-bond acceptors (Lipinski definition) is 1. The Labute approximate surface area is 70.1 Å². The van der Waals surface area contributed by atoms with Gasteiger partial charge in [0, 0.05) is 5.75 Å². The van der Waals surface area contributed by atoms with Gasteiger partial charge in [-0.15, -0.1) is 0 Å². The summed E-state index contributed by atoms with van der Waals surface area (Å²) in [6.45, 7) is 2.24. The summed E-state index contributed by atoms with van der Waals surface area (Å²) in [6.07, 6.45) is 1.07. The van der Waals surface area contributed by atoms with Crippen LogP contribution < -0.4 is 0 Å². The fourth-order valence-corrected chi connectivity index (χ4v) is 5.37. The molecule has 1 saturated heterocycles. The van der Waals surface area contributed by atoms with Gasteiger partial charge in [0.15, 0.2) is 0 Å². The molecule has 1 aliphatic heterocycles. The van der Waals surface area contributed by atoms with E-state index in [1.54, 1.807) is 0 Å². The van der Waals surface area contributed by atoms with Crippen LogP contribution in [0.15, 0.2) is 0 Å². The summed E-state index contributed by atoms with van der Waals surface area (Å²) in [5.41, 5.74) is 0. The molecule has 0 aromatic rings. The molecule has 0 aromatic heterocycles. The minimum atomic E-state index is -0.371. The van der Waals surface area contributed by atoms with Gasteiger partial charge in [-0.25, -0.2) is 0 Å². The molecule has 1 N–H and O–H groups in total. The van der Waals surface area contributed by atoms with E-state index in [9.17, 15) is 5.11 Å². The van der Waals surface area contributed by atoms with E-state index >= 15 is 0 Å². The van der Waals surface area contributed by atoms with Gasteiger partial charge in [0.1, 0.15) is 0 Å². The first-order valence-electron chi connectivity index (χ1n) is 3.30. The fourth-order valence-electron chi connectivity index (χ4n) is 1.12. The molecule has 0 bridgehead atoms. The van der Waals surface area contributed by atoms with E-state index < -0.39 is 0 Å². The van der Waals surface area contributed by atoms with Crippen molar-refractivity contribution in [3.8, 4) is 0 Å². The van der Waals surface area contributed by atoms with Crippen LogP contribution in [-0.2, 0) is 0 Å². The normalized spacial score (nSPS) is 50.8. The van der Waals surface area contributed by atoms with E-state index in [1.165, 1.54) is 11.5 Å². The van der Waals surface area contributed by atoms with Gasteiger partial charge in [-0.05, 0) is 39.1 Å². The van der Waals surface area contributed by atoms with Gasteiger partial charge in [0.2, 0.25) is 0 Å². The van der Waals surface area contributed by atoms with Gasteiger partial charge in [-0.1, -0.05) is 6.92 Å². The van der Waals surface area contributed by atoms with Gasteiger partial charge >= 0.3 is 0 Å². The molecule has 56 valence electrons. The molecular weight excluding hydrogens is 247 g/mol.